The fraction of sp³-hybridized carbons (Fsp3) is 0.500. The Kier molecular flexibility index (Phi) is 6.58. The van der Waals surface area contributed by atoms with Crippen LogP contribution in [-0.2, 0) is 0 Å². The molecule has 1 aromatic rings. The van der Waals surface area contributed by atoms with E-state index in [0.717, 1.165) is 34.3 Å². The SMILES string of the molecule is C=CCSCCNc1cc(Br)nc(C(C)C)n1. The van der Waals surface area contributed by atoms with Crippen LogP contribution in [0.5, 0.6) is 0 Å². The van der Waals surface area contributed by atoms with Crippen molar-refractivity contribution >= 4 is 33.5 Å². The largest absolute Gasteiger partial charge is 0.369 e. The van der Waals surface area contributed by atoms with Crippen LogP contribution in [-0.4, -0.2) is 28.0 Å². The summed E-state index contributed by atoms with van der Waals surface area (Å²) in [7, 11) is 0. The maximum atomic E-state index is 4.47. The molecule has 0 aromatic carbocycles. The average Bonchev–Trinajstić information content (AvgIpc) is 2.28. The molecule has 1 aromatic heterocycles. The lowest BCUT2D eigenvalue weighted by atomic mass is 10.2. The first kappa shape index (κ1) is 14.5. The highest BCUT2D eigenvalue weighted by Gasteiger charge is 2.06. The minimum Gasteiger partial charge on any atom is -0.369 e. The lowest BCUT2D eigenvalue weighted by molar-refractivity contribution is 0.770. The number of halogens is 1. The molecule has 0 bridgehead atoms. The van der Waals surface area contributed by atoms with Gasteiger partial charge in [0, 0.05) is 30.0 Å². The average molecular weight is 316 g/mol. The van der Waals surface area contributed by atoms with Crippen LogP contribution in [0, 0.1) is 0 Å². The van der Waals surface area contributed by atoms with Gasteiger partial charge in [0.1, 0.15) is 16.2 Å². The Morgan fingerprint density at radius 2 is 2.29 bits per heavy atom. The van der Waals surface area contributed by atoms with E-state index in [1.165, 1.54) is 0 Å². The third-order valence-electron chi connectivity index (χ3n) is 2.02. The molecule has 94 valence electrons. The van der Waals surface area contributed by atoms with E-state index in [0.29, 0.717) is 5.92 Å². The van der Waals surface area contributed by atoms with Crippen molar-refractivity contribution in [3.05, 3.63) is 29.1 Å². The van der Waals surface area contributed by atoms with E-state index >= 15 is 0 Å². The monoisotopic (exact) mass is 315 g/mol. The Morgan fingerprint density at radius 3 is 2.94 bits per heavy atom. The fourth-order valence-electron chi connectivity index (χ4n) is 1.20. The minimum absolute atomic E-state index is 0.336. The summed E-state index contributed by atoms with van der Waals surface area (Å²) in [5.41, 5.74) is 0. The molecule has 0 atom stereocenters. The predicted octanol–water partition coefficient (Wildman–Crippen LogP) is 3.69. The summed E-state index contributed by atoms with van der Waals surface area (Å²) in [6.45, 7) is 8.77. The first-order chi connectivity index (χ1) is 8.13. The zero-order chi connectivity index (χ0) is 12.7. The maximum Gasteiger partial charge on any atom is 0.134 e. The van der Waals surface area contributed by atoms with Gasteiger partial charge in [-0.15, -0.1) is 6.58 Å². The smallest absolute Gasteiger partial charge is 0.134 e. The molecule has 0 saturated heterocycles. The summed E-state index contributed by atoms with van der Waals surface area (Å²) < 4.78 is 0.831. The van der Waals surface area contributed by atoms with E-state index in [1.807, 2.05) is 23.9 Å². The molecule has 0 radical (unpaired) electrons. The zero-order valence-corrected chi connectivity index (χ0v) is 12.6. The van der Waals surface area contributed by atoms with E-state index in [2.05, 4.69) is 51.6 Å². The number of hydrogen-bond acceptors (Lipinski definition) is 4. The van der Waals surface area contributed by atoms with E-state index in [9.17, 15) is 0 Å². The quantitative estimate of drug-likeness (QED) is 0.473. The highest BCUT2D eigenvalue weighted by Crippen LogP contribution is 2.17. The van der Waals surface area contributed by atoms with Crippen molar-refractivity contribution in [2.24, 2.45) is 0 Å². The molecule has 17 heavy (non-hydrogen) atoms. The van der Waals surface area contributed by atoms with Crippen molar-refractivity contribution in [1.82, 2.24) is 9.97 Å². The van der Waals surface area contributed by atoms with Crippen LogP contribution < -0.4 is 5.32 Å². The molecule has 1 rings (SSSR count). The van der Waals surface area contributed by atoms with E-state index in [1.54, 1.807) is 0 Å². The minimum atomic E-state index is 0.336. The van der Waals surface area contributed by atoms with Crippen LogP contribution >= 0.6 is 27.7 Å². The Labute approximate surface area is 116 Å². The molecule has 0 aliphatic heterocycles. The van der Waals surface area contributed by atoms with Gasteiger partial charge in [-0.2, -0.15) is 11.8 Å². The predicted molar refractivity (Wildman–Crippen MR) is 79.8 cm³/mol. The molecular weight excluding hydrogens is 298 g/mol. The van der Waals surface area contributed by atoms with Crippen LogP contribution in [0.25, 0.3) is 0 Å². The van der Waals surface area contributed by atoms with E-state index in [4.69, 9.17) is 0 Å². The van der Waals surface area contributed by atoms with Crippen molar-refractivity contribution in [1.29, 1.82) is 0 Å². The van der Waals surface area contributed by atoms with Gasteiger partial charge in [-0.25, -0.2) is 9.97 Å². The Bertz CT molecular complexity index is 369. The number of nitrogens with zero attached hydrogens (tertiary/aromatic N) is 2. The number of thioether (sulfide) groups is 1. The second-order valence-corrected chi connectivity index (χ2v) is 5.84. The number of hydrogen-bond donors (Lipinski definition) is 1. The number of anilines is 1. The highest BCUT2D eigenvalue weighted by atomic mass is 79.9. The van der Waals surface area contributed by atoms with Crippen molar-refractivity contribution in [2.45, 2.75) is 19.8 Å². The lowest BCUT2D eigenvalue weighted by Crippen LogP contribution is -2.08. The fourth-order valence-corrected chi connectivity index (χ4v) is 2.18. The van der Waals surface area contributed by atoms with Gasteiger partial charge in [0.25, 0.3) is 0 Å². The van der Waals surface area contributed by atoms with E-state index < -0.39 is 0 Å². The summed E-state index contributed by atoms with van der Waals surface area (Å²) in [5, 5.41) is 3.30. The first-order valence-corrected chi connectivity index (χ1v) is 7.55. The molecule has 0 saturated carbocycles. The molecule has 1 N–H and O–H groups in total. The summed E-state index contributed by atoms with van der Waals surface area (Å²) in [6, 6.07) is 1.91. The zero-order valence-electron chi connectivity index (χ0n) is 10.2. The van der Waals surface area contributed by atoms with Crippen molar-refractivity contribution in [3.8, 4) is 0 Å². The number of aromatic nitrogens is 2. The maximum absolute atomic E-state index is 4.47. The molecule has 5 heteroatoms. The second-order valence-electron chi connectivity index (χ2n) is 3.88. The number of nitrogens with one attached hydrogen (secondary N) is 1. The summed E-state index contributed by atoms with van der Waals surface area (Å²) >= 11 is 5.26. The Hall–Kier alpha value is -0.550. The van der Waals surface area contributed by atoms with Crippen LogP contribution in [0.3, 0.4) is 0 Å². The van der Waals surface area contributed by atoms with Crippen LogP contribution in [0.4, 0.5) is 5.82 Å². The van der Waals surface area contributed by atoms with Crippen LogP contribution in [0.15, 0.2) is 23.3 Å². The molecule has 1 heterocycles. The summed E-state index contributed by atoms with van der Waals surface area (Å²) in [4.78, 5) is 8.81. The van der Waals surface area contributed by atoms with Gasteiger partial charge in [0.05, 0.1) is 0 Å². The normalized spacial score (nSPS) is 10.6. The van der Waals surface area contributed by atoms with Crippen molar-refractivity contribution in [3.63, 3.8) is 0 Å². The van der Waals surface area contributed by atoms with Crippen molar-refractivity contribution < 1.29 is 0 Å². The molecule has 0 unspecified atom stereocenters. The standard InChI is InChI=1S/C12H18BrN3S/c1-4-6-17-7-5-14-11-8-10(13)15-12(16-11)9(2)3/h4,8-9H,1,5-7H2,2-3H3,(H,14,15,16). The van der Waals surface area contributed by atoms with Gasteiger partial charge in [-0.1, -0.05) is 19.9 Å². The lowest BCUT2D eigenvalue weighted by Gasteiger charge is -2.09. The van der Waals surface area contributed by atoms with E-state index in [-0.39, 0.29) is 0 Å². The summed E-state index contributed by atoms with van der Waals surface area (Å²) in [6.07, 6.45) is 1.92. The molecule has 0 aliphatic rings. The van der Waals surface area contributed by atoms with Gasteiger partial charge in [0.2, 0.25) is 0 Å². The first-order valence-electron chi connectivity index (χ1n) is 5.60. The van der Waals surface area contributed by atoms with Crippen LogP contribution in [0.2, 0.25) is 0 Å². The molecule has 0 aliphatic carbocycles. The molecular formula is C12H18BrN3S. The second kappa shape index (κ2) is 7.71. The van der Waals surface area contributed by atoms with Gasteiger partial charge >= 0.3 is 0 Å². The van der Waals surface area contributed by atoms with Gasteiger partial charge in [0.15, 0.2) is 0 Å². The van der Waals surface area contributed by atoms with Gasteiger partial charge < -0.3 is 5.32 Å². The summed E-state index contributed by atoms with van der Waals surface area (Å²) in [5.74, 6) is 4.12. The van der Waals surface area contributed by atoms with Crippen LogP contribution in [0.1, 0.15) is 25.6 Å². The third-order valence-corrected chi connectivity index (χ3v) is 3.39. The Morgan fingerprint density at radius 1 is 1.53 bits per heavy atom. The molecule has 0 spiro atoms. The molecule has 0 amide bonds. The number of rotatable bonds is 7. The van der Waals surface area contributed by atoms with Gasteiger partial charge in [-0.05, 0) is 15.9 Å². The van der Waals surface area contributed by atoms with Crippen molar-refractivity contribution in [2.75, 3.05) is 23.4 Å². The topological polar surface area (TPSA) is 37.8 Å². The Balaban J connectivity index is 2.50. The molecule has 3 nitrogen and oxygen atoms in total. The highest BCUT2D eigenvalue weighted by molar-refractivity contribution is 9.10. The van der Waals surface area contributed by atoms with Gasteiger partial charge in [-0.3, -0.25) is 0 Å². The molecule has 0 fully saturated rings. The third kappa shape index (κ3) is 5.55.